The van der Waals surface area contributed by atoms with Gasteiger partial charge < -0.3 is 14.4 Å². The molecule has 1 aromatic heterocycles. The summed E-state index contributed by atoms with van der Waals surface area (Å²) in [6, 6.07) is 3.86. The van der Waals surface area contributed by atoms with Crippen molar-refractivity contribution in [2.24, 2.45) is 11.3 Å². The Hall–Kier alpha value is -0.910. The lowest BCUT2D eigenvalue weighted by molar-refractivity contribution is -0.0912. The first-order valence-electron chi connectivity index (χ1n) is 7.65. The summed E-state index contributed by atoms with van der Waals surface area (Å²) in [6.45, 7) is 4.12. The maximum Gasteiger partial charge on any atom is 0.263 e. The third-order valence-corrected chi connectivity index (χ3v) is 5.93. The Morgan fingerprint density at radius 3 is 2.95 bits per heavy atom. The minimum Gasteiger partial charge on any atom is -0.384 e. The average Bonchev–Trinajstić information content (AvgIpc) is 3.04. The second-order valence-corrected chi connectivity index (χ2v) is 7.06. The fourth-order valence-electron chi connectivity index (χ4n) is 3.68. The van der Waals surface area contributed by atoms with E-state index in [1.807, 2.05) is 22.4 Å². The van der Waals surface area contributed by atoms with Crippen LogP contribution < -0.4 is 0 Å². The van der Waals surface area contributed by atoms with Gasteiger partial charge in [-0.05, 0) is 36.1 Å². The van der Waals surface area contributed by atoms with Gasteiger partial charge in [0, 0.05) is 32.7 Å². The molecule has 116 valence electrons. The molecule has 1 atom stereocenters. The Balaban J connectivity index is 1.64. The third kappa shape index (κ3) is 3.00. The fourth-order valence-corrected chi connectivity index (χ4v) is 4.37. The molecular weight excluding hydrogens is 286 g/mol. The molecule has 0 bridgehead atoms. The smallest absolute Gasteiger partial charge is 0.263 e. The van der Waals surface area contributed by atoms with E-state index in [-0.39, 0.29) is 5.91 Å². The van der Waals surface area contributed by atoms with E-state index in [9.17, 15) is 4.79 Å². The molecule has 21 heavy (non-hydrogen) atoms. The molecule has 1 unspecified atom stereocenters. The maximum atomic E-state index is 12.4. The van der Waals surface area contributed by atoms with Gasteiger partial charge in [0.1, 0.15) is 0 Å². The molecule has 0 aliphatic carbocycles. The van der Waals surface area contributed by atoms with Gasteiger partial charge in [0.25, 0.3) is 5.91 Å². The van der Waals surface area contributed by atoms with Crippen molar-refractivity contribution in [3.63, 3.8) is 0 Å². The summed E-state index contributed by atoms with van der Waals surface area (Å²) >= 11 is 1.53. The minimum absolute atomic E-state index is 0.190. The van der Waals surface area contributed by atoms with Crippen molar-refractivity contribution in [2.45, 2.75) is 19.3 Å². The van der Waals surface area contributed by atoms with Crippen molar-refractivity contribution in [3.05, 3.63) is 22.4 Å². The van der Waals surface area contributed by atoms with Gasteiger partial charge in [0.2, 0.25) is 0 Å². The van der Waals surface area contributed by atoms with E-state index in [0.29, 0.717) is 11.3 Å². The van der Waals surface area contributed by atoms with Crippen molar-refractivity contribution >= 4 is 17.2 Å². The van der Waals surface area contributed by atoms with Crippen LogP contribution in [0, 0.1) is 11.3 Å². The highest BCUT2D eigenvalue weighted by molar-refractivity contribution is 7.12. The van der Waals surface area contributed by atoms with Gasteiger partial charge in [-0.3, -0.25) is 4.79 Å². The Morgan fingerprint density at radius 2 is 2.29 bits per heavy atom. The summed E-state index contributed by atoms with van der Waals surface area (Å²) in [5.41, 5.74) is 0.306. The number of hydrogen-bond acceptors (Lipinski definition) is 4. The Morgan fingerprint density at radius 1 is 1.48 bits per heavy atom. The lowest BCUT2D eigenvalue weighted by atomic mass is 9.66. The van der Waals surface area contributed by atoms with Crippen LogP contribution in [0.25, 0.3) is 0 Å². The molecule has 1 amide bonds. The number of nitrogens with zero attached hydrogens (tertiary/aromatic N) is 1. The molecule has 5 heteroatoms. The van der Waals surface area contributed by atoms with E-state index in [0.717, 1.165) is 57.0 Å². The van der Waals surface area contributed by atoms with E-state index in [1.54, 1.807) is 7.11 Å². The maximum absolute atomic E-state index is 12.4. The van der Waals surface area contributed by atoms with Crippen LogP contribution in [0.3, 0.4) is 0 Å². The molecule has 1 spiro atoms. The predicted octanol–water partition coefficient (Wildman–Crippen LogP) is 2.65. The first-order chi connectivity index (χ1) is 10.2. The number of ether oxygens (including phenoxy) is 2. The van der Waals surface area contributed by atoms with Gasteiger partial charge in [-0.2, -0.15) is 0 Å². The summed E-state index contributed by atoms with van der Waals surface area (Å²) < 4.78 is 11.0. The standard InChI is InChI=1S/C16H23NO3S/c1-19-11-13-12-20-9-6-16(13)4-7-17(8-5-16)15(18)14-3-2-10-21-14/h2-3,10,13H,4-9,11-12H2,1H3. The second kappa shape index (κ2) is 6.46. The van der Waals surface area contributed by atoms with Gasteiger partial charge in [-0.25, -0.2) is 0 Å². The second-order valence-electron chi connectivity index (χ2n) is 6.11. The molecule has 2 fully saturated rings. The van der Waals surface area contributed by atoms with Crippen molar-refractivity contribution in [3.8, 4) is 0 Å². The number of rotatable bonds is 3. The van der Waals surface area contributed by atoms with Crippen LogP contribution in [-0.2, 0) is 9.47 Å². The van der Waals surface area contributed by atoms with Crippen LogP contribution in [0.4, 0.5) is 0 Å². The van der Waals surface area contributed by atoms with Crippen LogP contribution in [0.15, 0.2) is 17.5 Å². The van der Waals surface area contributed by atoms with Crippen LogP contribution in [-0.4, -0.2) is 50.8 Å². The lowest BCUT2D eigenvalue weighted by Gasteiger charge is -2.48. The van der Waals surface area contributed by atoms with E-state index < -0.39 is 0 Å². The molecule has 1 aromatic rings. The van der Waals surface area contributed by atoms with Gasteiger partial charge in [0.15, 0.2) is 0 Å². The molecule has 2 saturated heterocycles. The highest BCUT2D eigenvalue weighted by Gasteiger charge is 2.44. The van der Waals surface area contributed by atoms with Gasteiger partial charge in [-0.1, -0.05) is 6.07 Å². The molecular formula is C16H23NO3S. The van der Waals surface area contributed by atoms with Gasteiger partial charge >= 0.3 is 0 Å². The molecule has 0 radical (unpaired) electrons. The number of amides is 1. The van der Waals surface area contributed by atoms with Crippen LogP contribution in [0.5, 0.6) is 0 Å². The van der Waals surface area contributed by atoms with E-state index in [1.165, 1.54) is 11.3 Å². The number of likely N-dealkylation sites (tertiary alicyclic amines) is 1. The number of carbonyl (C=O) groups is 1. The number of methoxy groups -OCH3 is 1. The SMILES string of the molecule is COCC1COCCC12CCN(C(=O)c1cccs1)CC2. The molecule has 2 aliphatic heterocycles. The normalized spacial score (nSPS) is 25.2. The summed E-state index contributed by atoms with van der Waals surface area (Å²) in [5.74, 6) is 0.658. The number of carbonyl (C=O) groups excluding carboxylic acids is 1. The molecule has 2 aliphatic rings. The molecule has 0 saturated carbocycles. The fraction of sp³-hybridized carbons (Fsp3) is 0.688. The zero-order valence-electron chi connectivity index (χ0n) is 12.5. The van der Waals surface area contributed by atoms with Gasteiger partial charge in [0.05, 0.1) is 18.1 Å². The Kier molecular flexibility index (Phi) is 4.62. The lowest BCUT2D eigenvalue weighted by Crippen LogP contribution is -2.50. The van der Waals surface area contributed by atoms with Crippen molar-refractivity contribution in [2.75, 3.05) is 40.0 Å². The first-order valence-corrected chi connectivity index (χ1v) is 8.53. The van der Waals surface area contributed by atoms with Crippen LogP contribution >= 0.6 is 11.3 Å². The van der Waals surface area contributed by atoms with Crippen molar-refractivity contribution in [1.29, 1.82) is 0 Å². The zero-order chi connectivity index (χ0) is 14.7. The molecule has 0 aromatic carbocycles. The van der Waals surface area contributed by atoms with Crippen LogP contribution in [0.2, 0.25) is 0 Å². The first kappa shape index (κ1) is 15.0. The van der Waals surface area contributed by atoms with E-state index in [4.69, 9.17) is 9.47 Å². The van der Waals surface area contributed by atoms with E-state index in [2.05, 4.69) is 0 Å². The topological polar surface area (TPSA) is 38.8 Å². The molecule has 3 rings (SSSR count). The molecule has 4 nitrogen and oxygen atoms in total. The number of thiophene rings is 1. The Bertz CT molecular complexity index is 464. The summed E-state index contributed by atoms with van der Waals surface area (Å²) in [6.07, 6.45) is 3.24. The number of hydrogen-bond donors (Lipinski definition) is 0. The molecule has 3 heterocycles. The monoisotopic (exact) mass is 309 g/mol. The van der Waals surface area contributed by atoms with Crippen molar-refractivity contribution in [1.82, 2.24) is 4.90 Å². The highest BCUT2D eigenvalue weighted by atomic mass is 32.1. The largest absolute Gasteiger partial charge is 0.384 e. The minimum atomic E-state index is 0.190. The quantitative estimate of drug-likeness (QED) is 0.861. The van der Waals surface area contributed by atoms with Gasteiger partial charge in [-0.15, -0.1) is 11.3 Å². The van der Waals surface area contributed by atoms with Crippen molar-refractivity contribution < 1.29 is 14.3 Å². The Labute approximate surface area is 130 Å². The van der Waals surface area contributed by atoms with Crippen LogP contribution in [0.1, 0.15) is 28.9 Å². The third-order valence-electron chi connectivity index (χ3n) is 5.08. The zero-order valence-corrected chi connectivity index (χ0v) is 13.4. The summed E-state index contributed by atoms with van der Waals surface area (Å²) in [4.78, 5) is 15.3. The summed E-state index contributed by atoms with van der Waals surface area (Å²) in [5, 5.41) is 1.96. The summed E-state index contributed by atoms with van der Waals surface area (Å²) in [7, 11) is 1.76. The predicted molar refractivity (Wildman–Crippen MR) is 82.7 cm³/mol. The van der Waals surface area contributed by atoms with E-state index >= 15 is 0 Å². The highest BCUT2D eigenvalue weighted by Crippen LogP contribution is 2.45. The molecule has 0 N–H and O–H groups in total. The average molecular weight is 309 g/mol. The number of piperidine rings is 1.